The molecule has 0 radical (unpaired) electrons. The minimum absolute atomic E-state index is 0.0434. The quantitative estimate of drug-likeness (QED) is 0.399. The lowest BCUT2D eigenvalue weighted by Gasteiger charge is -2.13. The summed E-state index contributed by atoms with van der Waals surface area (Å²) in [4.78, 5) is 12.4. The maximum absolute atomic E-state index is 12.4. The van der Waals surface area contributed by atoms with Crippen LogP contribution in [-0.4, -0.2) is 27.2 Å². The van der Waals surface area contributed by atoms with Crippen molar-refractivity contribution in [2.45, 2.75) is 0 Å². The minimum atomic E-state index is -0.497. The maximum Gasteiger partial charge on any atom is 0.266 e. The van der Waals surface area contributed by atoms with Crippen molar-refractivity contribution in [1.82, 2.24) is 0 Å². The van der Waals surface area contributed by atoms with Crippen LogP contribution in [0.2, 0.25) is 0 Å². The molecule has 2 rings (SSSR count). The van der Waals surface area contributed by atoms with Gasteiger partial charge in [0.1, 0.15) is 11.6 Å². The van der Waals surface area contributed by atoms with Crippen LogP contribution < -0.4 is 19.5 Å². The zero-order valence-electron chi connectivity index (χ0n) is 14.5. The van der Waals surface area contributed by atoms with E-state index >= 15 is 0 Å². The van der Waals surface area contributed by atoms with Gasteiger partial charge in [-0.2, -0.15) is 5.26 Å². The molecule has 0 saturated carbocycles. The molecule has 2 aromatic rings. The van der Waals surface area contributed by atoms with E-state index in [1.807, 2.05) is 24.3 Å². The monoisotopic (exact) mass is 464 g/mol. The third-order valence-corrected chi connectivity index (χ3v) is 4.12. The Morgan fingerprint density at radius 3 is 2.27 bits per heavy atom. The van der Waals surface area contributed by atoms with Crippen LogP contribution in [0.3, 0.4) is 0 Å². The summed E-state index contributed by atoms with van der Waals surface area (Å²) in [5.41, 5.74) is 1.15. The average molecular weight is 464 g/mol. The number of halogens is 1. The zero-order valence-corrected chi connectivity index (χ0v) is 16.7. The van der Waals surface area contributed by atoms with Crippen LogP contribution in [0.1, 0.15) is 5.56 Å². The molecule has 0 unspecified atom stereocenters. The van der Waals surface area contributed by atoms with E-state index in [1.54, 1.807) is 18.2 Å². The summed E-state index contributed by atoms with van der Waals surface area (Å²) in [6, 6.07) is 12.6. The average Bonchev–Trinajstić information content (AvgIpc) is 2.64. The Bertz CT molecular complexity index is 862. The fourth-order valence-corrected chi connectivity index (χ4v) is 2.81. The number of amides is 1. The van der Waals surface area contributed by atoms with Gasteiger partial charge in [0.2, 0.25) is 5.75 Å². The van der Waals surface area contributed by atoms with Crippen molar-refractivity contribution in [3.8, 4) is 23.3 Å². The highest BCUT2D eigenvalue weighted by Gasteiger charge is 2.15. The van der Waals surface area contributed by atoms with Crippen LogP contribution in [0.4, 0.5) is 5.69 Å². The van der Waals surface area contributed by atoms with E-state index in [-0.39, 0.29) is 5.57 Å². The van der Waals surface area contributed by atoms with Gasteiger partial charge in [-0.1, -0.05) is 6.07 Å². The number of hydrogen-bond donors (Lipinski definition) is 1. The molecule has 0 saturated heterocycles. The van der Waals surface area contributed by atoms with Crippen LogP contribution in [0.25, 0.3) is 6.08 Å². The number of nitrogens with zero attached hydrogens (tertiary/aromatic N) is 1. The van der Waals surface area contributed by atoms with Crippen LogP contribution in [0, 0.1) is 14.9 Å². The van der Waals surface area contributed by atoms with Gasteiger partial charge in [-0.3, -0.25) is 4.79 Å². The lowest BCUT2D eigenvalue weighted by molar-refractivity contribution is -0.112. The van der Waals surface area contributed by atoms with Crippen molar-refractivity contribution < 1.29 is 19.0 Å². The summed E-state index contributed by atoms with van der Waals surface area (Å²) in [5, 5.41) is 12.1. The SMILES string of the molecule is COc1cc(/C=C(\C#N)C(=O)Nc2cccc(I)c2)cc(OC)c1OC. The topological polar surface area (TPSA) is 80.6 Å². The second-order valence-corrected chi connectivity index (χ2v) is 6.34. The summed E-state index contributed by atoms with van der Waals surface area (Å²) < 4.78 is 16.8. The molecular weight excluding hydrogens is 447 g/mol. The first-order chi connectivity index (χ1) is 12.5. The molecule has 2 aromatic carbocycles. The number of nitriles is 1. The van der Waals surface area contributed by atoms with E-state index in [9.17, 15) is 10.1 Å². The van der Waals surface area contributed by atoms with Gasteiger partial charge in [0.05, 0.1) is 21.3 Å². The largest absolute Gasteiger partial charge is 0.493 e. The van der Waals surface area contributed by atoms with Gasteiger partial charge in [0, 0.05) is 9.26 Å². The standard InChI is InChI=1S/C19H17IN2O4/c1-24-16-8-12(9-17(25-2)18(16)26-3)7-13(11-21)19(23)22-15-6-4-5-14(20)10-15/h4-10H,1-3H3,(H,22,23)/b13-7+. The lowest BCUT2D eigenvalue weighted by atomic mass is 10.1. The number of carbonyl (C=O) groups is 1. The second-order valence-electron chi connectivity index (χ2n) is 5.09. The van der Waals surface area contributed by atoms with Gasteiger partial charge < -0.3 is 19.5 Å². The van der Waals surface area contributed by atoms with Crippen LogP contribution in [0.5, 0.6) is 17.2 Å². The highest BCUT2D eigenvalue weighted by molar-refractivity contribution is 14.1. The van der Waals surface area contributed by atoms with Gasteiger partial charge in [-0.25, -0.2) is 0 Å². The van der Waals surface area contributed by atoms with E-state index in [4.69, 9.17) is 14.2 Å². The molecule has 0 aliphatic carbocycles. The van der Waals surface area contributed by atoms with Crippen molar-refractivity contribution in [3.05, 3.63) is 51.1 Å². The van der Waals surface area contributed by atoms with Crippen molar-refractivity contribution in [3.63, 3.8) is 0 Å². The molecule has 0 heterocycles. The number of nitrogens with one attached hydrogen (secondary N) is 1. The molecule has 0 fully saturated rings. The van der Waals surface area contributed by atoms with E-state index < -0.39 is 5.91 Å². The van der Waals surface area contributed by atoms with Gasteiger partial charge in [-0.15, -0.1) is 0 Å². The Balaban J connectivity index is 2.36. The van der Waals surface area contributed by atoms with Crippen molar-refractivity contribution in [2.24, 2.45) is 0 Å². The first kappa shape index (κ1) is 19.6. The van der Waals surface area contributed by atoms with E-state index in [0.717, 1.165) is 3.57 Å². The molecular formula is C19H17IN2O4. The number of hydrogen-bond acceptors (Lipinski definition) is 5. The Labute approximate surface area is 165 Å². The molecule has 6 nitrogen and oxygen atoms in total. The van der Waals surface area contributed by atoms with E-state index in [1.165, 1.54) is 27.4 Å². The number of ether oxygens (including phenoxy) is 3. The third kappa shape index (κ3) is 4.67. The fraction of sp³-hybridized carbons (Fsp3) is 0.158. The molecule has 0 aromatic heterocycles. The first-order valence-electron chi connectivity index (χ1n) is 7.51. The molecule has 1 amide bonds. The summed E-state index contributed by atoms with van der Waals surface area (Å²) >= 11 is 2.15. The van der Waals surface area contributed by atoms with Gasteiger partial charge in [0.15, 0.2) is 11.5 Å². The smallest absolute Gasteiger partial charge is 0.266 e. The number of anilines is 1. The lowest BCUT2D eigenvalue weighted by Crippen LogP contribution is -2.13. The predicted octanol–water partition coefficient (Wildman–Crippen LogP) is 3.86. The van der Waals surface area contributed by atoms with E-state index in [0.29, 0.717) is 28.5 Å². The molecule has 0 atom stereocenters. The normalized spacial score (nSPS) is 10.7. The number of benzene rings is 2. The molecule has 0 aliphatic rings. The van der Waals surface area contributed by atoms with Gasteiger partial charge in [-0.05, 0) is 64.6 Å². The van der Waals surface area contributed by atoms with Gasteiger partial charge >= 0.3 is 0 Å². The number of carbonyl (C=O) groups excluding carboxylic acids is 1. The molecule has 26 heavy (non-hydrogen) atoms. The van der Waals surface area contributed by atoms with Crippen molar-refractivity contribution >= 4 is 40.3 Å². The molecule has 7 heteroatoms. The van der Waals surface area contributed by atoms with E-state index in [2.05, 4.69) is 27.9 Å². The third-order valence-electron chi connectivity index (χ3n) is 3.45. The maximum atomic E-state index is 12.4. The molecule has 0 bridgehead atoms. The Hall–Kier alpha value is -2.73. The van der Waals surface area contributed by atoms with Crippen molar-refractivity contribution in [1.29, 1.82) is 5.26 Å². The number of rotatable bonds is 6. The Kier molecular flexibility index (Phi) is 6.86. The summed E-state index contributed by atoms with van der Waals surface area (Å²) in [5.74, 6) is 0.819. The fourth-order valence-electron chi connectivity index (χ4n) is 2.26. The number of methoxy groups -OCH3 is 3. The Morgan fingerprint density at radius 1 is 1.12 bits per heavy atom. The summed E-state index contributed by atoms with van der Waals surface area (Å²) in [6.07, 6.45) is 1.47. The highest BCUT2D eigenvalue weighted by atomic mass is 127. The molecule has 1 N–H and O–H groups in total. The first-order valence-corrected chi connectivity index (χ1v) is 8.59. The van der Waals surface area contributed by atoms with Crippen LogP contribution in [0.15, 0.2) is 42.0 Å². The van der Waals surface area contributed by atoms with Gasteiger partial charge in [0.25, 0.3) is 5.91 Å². The highest BCUT2D eigenvalue weighted by Crippen LogP contribution is 2.38. The Morgan fingerprint density at radius 2 is 1.77 bits per heavy atom. The predicted molar refractivity (Wildman–Crippen MR) is 107 cm³/mol. The summed E-state index contributed by atoms with van der Waals surface area (Å²) in [7, 11) is 4.50. The summed E-state index contributed by atoms with van der Waals surface area (Å²) in [6.45, 7) is 0. The molecule has 0 spiro atoms. The molecule has 0 aliphatic heterocycles. The van der Waals surface area contributed by atoms with Crippen LogP contribution in [-0.2, 0) is 4.79 Å². The van der Waals surface area contributed by atoms with Crippen LogP contribution >= 0.6 is 22.6 Å². The molecule has 134 valence electrons. The minimum Gasteiger partial charge on any atom is -0.493 e. The zero-order chi connectivity index (χ0) is 19.1. The van der Waals surface area contributed by atoms with Crippen molar-refractivity contribution in [2.75, 3.05) is 26.6 Å². The second kappa shape index (κ2) is 9.10.